The van der Waals surface area contributed by atoms with Crippen molar-refractivity contribution in [1.82, 2.24) is 20.6 Å². The molecule has 0 radical (unpaired) electrons. The van der Waals surface area contributed by atoms with Crippen LogP contribution in [0.4, 0.5) is 4.79 Å². The Hall–Kier alpha value is -1.52. The van der Waals surface area contributed by atoms with E-state index in [9.17, 15) is 4.79 Å². The number of aromatic nitrogens is 2. The maximum absolute atomic E-state index is 11.3. The molecule has 90 valence electrons. The fraction of sp³-hybridized carbons (Fsp3) is 0.636. The average molecular weight is 224 g/mol. The first-order chi connectivity index (χ1) is 7.63. The van der Waals surface area contributed by atoms with Gasteiger partial charge in [0.05, 0.1) is 12.2 Å². The number of carbonyl (C=O) groups is 1. The van der Waals surface area contributed by atoms with Crippen molar-refractivity contribution >= 4 is 6.03 Å². The highest BCUT2D eigenvalue weighted by molar-refractivity contribution is 5.73. The summed E-state index contributed by atoms with van der Waals surface area (Å²) in [5.74, 6) is 0.792. The maximum Gasteiger partial charge on any atom is 0.315 e. The van der Waals surface area contributed by atoms with Crippen LogP contribution in [0.5, 0.6) is 0 Å². The lowest BCUT2D eigenvalue weighted by Gasteiger charge is -2.05. The van der Waals surface area contributed by atoms with E-state index >= 15 is 0 Å². The van der Waals surface area contributed by atoms with Gasteiger partial charge in [-0.3, -0.25) is 0 Å². The number of carbonyl (C=O) groups excluding carboxylic acids is 1. The summed E-state index contributed by atoms with van der Waals surface area (Å²) in [5, 5.41) is 5.54. The van der Waals surface area contributed by atoms with Gasteiger partial charge in [-0.1, -0.05) is 13.3 Å². The van der Waals surface area contributed by atoms with Crippen LogP contribution in [0.2, 0.25) is 0 Å². The van der Waals surface area contributed by atoms with E-state index in [0.717, 1.165) is 36.6 Å². The Kier molecular flexibility index (Phi) is 4.82. The van der Waals surface area contributed by atoms with Gasteiger partial charge < -0.3 is 15.6 Å². The Labute approximate surface area is 96.0 Å². The number of imidazole rings is 1. The Morgan fingerprint density at radius 1 is 1.38 bits per heavy atom. The molecule has 1 aromatic heterocycles. The van der Waals surface area contributed by atoms with Crippen LogP contribution in [-0.4, -0.2) is 22.5 Å². The van der Waals surface area contributed by atoms with Crippen LogP contribution in [-0.2, 0) is 6.54 Å². The lowest BCUT2D eigenvalue weighted by molar-refractivity contribution is 0.240. The van der Waals surface area contributed by atoms with E-state index in [1.54, 1.807) is 0 Å². The summed E-state index contributed by atoms with van der Waals surface area (Å²) >= 11 is 0. The number of urea groups is 1. The zero-order valence-corrected chi connectivity index (χ0v) is 10.2. The SMILES string of the molecule is CCCCNC(=O)NCc1nc(C)c(C)[nH]1. The molecule has 5 heteroatoms. The molecule has 3 N–H and O–H groups in total. The number of rotatable bonds is 5. The Balaban J connectivity index is 2.26. The van der Waals surface area contributed by atoms with Crippen molar-refractivity contribution < 1.29 is 4.79 Å². The second-order valence-electron chi connectivity index (χ2n) is 3.86. The number of aromatic amines is 1. The summed E-state index contributed by atoms with van der Waals surface area (Å²) < 4.78 is 0. The van der Waals surface area contributed by atoms with Crippen molar-refractivity contribution in [3.63, 3.8) is 0 Å². The van der Waals surface area contributed by atoms with Gasteiger partial charge in [0.25, 0.3) is 0 Å². The van der Waals surface area contributed by atoms with Gasteiger partial charge in [-0.05, 0) is 20.3 Å². The third kappa shape index (κ3) is 3.92. The predicted molar refractivity (Wildman–Crippen MR) is 63.2 cm³/mol. The molecular formula is C11H20N4O. The molecule has 0 atom stereocenters. The highest BCUT2D eigenvalue weighted by Gasteiger charge is 2.04. The number of hydrogen-bond acceptors (Lipinski definition) is 2. The minimum atomic E-state index is -0.139. The quantitative estimate of drug-likeness (QED) is 0.665. The maximum atomic E-state index is 11.3. The molecular weight excluding hydrogens is 204 g/mol. The summed E-state index contributed by atoms with van der Waals surface area (Å²) in [6, 6.07) is -0.139. The van der Waals surface area contributed by atoms with Crippen molar-refractivity contribution in [2.24, 2.45) is 0 Å². The summed E-state index contributed by atoms with van der Waals surface area (Å²) in [4.78, 5) is 18.7. The lowest BCUT2D eigenvalue weighted by Crippen LogP contribution is -2.35. The Morgan fingerprint density at radius 2 is 2.12 bits per heavy atom. The first kappa shape index (κ1) is 12.5. The Morgan fingerprint density at radius 3 is 2.69 bits per heavy atom. The number of unbranched alkanes of at least 4 members (excludes halogenated alkanes) is 1. The molecule has 0 aromatic carbocycles. The fourth-order valence-corrected chi connectivity index (χ4v) is 1.31. The van der Waals surface area contributed by atoms with E-state index < -0.39 is 0 Å². The zero-order valence-electron chi connectivity index (χ0n) is 10.2. The van der Waals surface area contributed by atoms with Gasteiger partial charge in [0.1, 0.15) is 5.82 Å². The average Bonchev–Trinajstić information content (AvgIpc) is 2.56. The van der Waals surface area contributed by atoms with Crippen LogP contribution < -0.4 is 10.6 Å². The van der Waals surface area contributed by atoms with Crippen molar-refractivity contribution in [2.45, 2.75) is 40.2 Å². The molecule has 1 aromatic rings. The monoisotopic (exact) mass is 224 g/mol. The van der Waals surface area contributed by atoms with Crippen molar-refractivity contribution in [3.8, 4) is 0 Å². The molecule has 0 fully saturated rings. The van der Waals surface area contributed by atoms with Gasteiger partial charge >= 0.3 is 6.03 Å². The third-order valence-corrected chi connectivity index (χ3v) is 2.41. The topological polar surface area (TPSA) is 69.8 Å². The second kappa shape index (κ2) is 6.15. The van der Waals surface area contributed by atoms with Crippen LogP contribution in [0.3, 0.4) is 0 Å². The lowest BCUT2D eigenvalue weighted by atomic mass is 10.3. The highest BCUT2D eigenvalue weighted by Crippen LogP contribution is 2.01. The second-order valence-corrected chi connectivity index (χ2v) is 3.86. The van der Waals surface area contributed by atoms with Gasteiger partial charge in [-0.15, -0.1) is 0 Å². The normalized spacial score (nSPS) is 10.2. The van der Waals surface area contributed by atoms with Crippen LogP contribution >= 0.6 is 0 Å². The molecule has 0 aliphatic carbocycles. The van der Waals surface area contributed by atoms with E-state index in [1.165, 1.54) is 0 Å². The van der Waals surface area contributed by atoms with Crippen LogP contribution in [0.1, 0.15) is 37.0 Å². The number of aryl methyl sites for hydroxylation is 2. The van der Waals surface area contributed by atoms with Crippen LogP contribution in [0.25, 0.3) is 0 Å². The predicted octanol–water partition coefficient (Wildman–Crippen LogP) is 1.63. The smallest absolute Gasteiger partial charge is 0.315 e. The summed E-state index contributed by atoms with van der Waals surface area (Å²) in [6.45, 7) is 7.16. The van der Waals surface area contributed by atoms with E-state index in [0.29, 0.717) is 6.54 Å². The van der Waals surface area contributed by atoms with Crippen LogP contribution in [0.15, 0.2) is 0 Å². The minimum Gasteiger partial charge on any atom is -0.344 e. The van der Waals surface area contributed by atoms with Crippen molar-refractivity contribution in [2.75, 3.05) is 6.54 Å². The number of hydrogen-bond donors (Lipinski definition) is 3. The van der Waals surface area contributed by atoms with Gasteiger partial charge in [-0.25, -0.2) is 9.78 Å². The molecule has 16 heavy (non-hydrogen) atoms. The van der Waals surface area contributed by atoms with Crippen molar-refractivity contribution in [1.29, 1.82) is 0 Å². The standard InChI is InChI=1S/C11H20N4O/c1-4-5-6-12-11(16)13-7-10-14-8(2)9(3)15-10/h4-7H2,1-3H3,(H,14,15)(H2,12,13,16). The summed E-state index contributed by atoms with van der Waals surface area (Å²) in [6.07, 6.45) is 2.09. The molecule has 0 aliphatic heterocycles. The first-order valence-electron chi connectivity index (χ1n) is 5.67. The number of nitrogens with one attached hydrogen (secondary N) is 3. The van der Waals surface area contributed by atoms with E-state index in [2.05, 4.69) is 27.5 Å². The van der Waals surface area contributed by atoms with Gasteiger partial charge in [0.2, 0.25) is 0 Å². The molecule has 2 amide bonds. The minimum absolute atomic E-state index is 0.139. The Bertz CT molecular complexity index is 326. The number of nitrogens with zero attached hydrogens (tertiary/aromatic N) is 1. The van der Waals surface area contributed by atoms with E-state index in [-0.39, 0.29) is 6.03 Å². The van der Waals surface area contributed by atoms with Gasteiger partial charge in [-0.2, -0.15) is 0 Å². The van der Waals surface area contributed by atoms with Gasteiger partial charge in [0, 0.05) is 12.2 Å². The number of amides is 2. The number of H-pyrrole nitrogens is 1. The van der Waals surface area contributed by atoms with Gasteiger partial charge in [0.15, 0.2) is 0 Å². The van der Waals surface area contributed by atoms with E-state index in [4.69, 9.17) is 0 Å². The summed E-state index contributed by atoms with van der Waals surface area (Å²) in [5.41, 5.74) is 2.02. The molecule has 0 spiro atoms. The highest BCUT2D eigenvalue weighted by atomic mass is 16.2. The molecule has 0 saturated carbocycles. The molecule has 0 unspecified atom stereocenters. The molecule has 5 nitrogen and oxygen atoms in total. The third-order valence-electron chi connectivity index (χ3n) is 2.41. The van der Waals surface area contributed by atoms with Crippen LogP contribution in [0, 0.1) is 13.8 Å². The molecule has 0 aliphatic rings. The molecule has 0 bridgehead atoms. The van der Waals surface area contributed by atoms with E-state index in [1.807, 2.05) is 13.8 Å². The molecule has 0 saturated heterocycles. The zero-order chi connectivity index (χ0) is 12.0. The molecule has 1 heterocycles. The largest absolute Gasteiger partial charge is 0.344 e. The fourth-order valence-electron chi connectivity index (χ4n) is 1.31. The summed E-state index contributed by atoms with van der Waals surface area (Å²) in [7, 11) is 0. The first-order valence-corrected chi connectivity index (χ1v) is 5.67. The van der Waals surface area contributed by atoms with Crippen molar-refractivity contribution in [3.05, 3.63) is 17.2 Å². The molecule has 1 rings (SSSR count).